The molecule has 1 aromatic heterocycles. The van der Waals surface area contributed by atoms with Gasteiger partial charge in [0.25, 0.3) is 0 Å². The predicted molar refractivity (Wildman–Crippen MR) is 199 cm³/mol. The number of benzene rings is 1. The first-order chi connectivity index (χ1) is 25.5. The maximum atomic E-state index is 13.4. The number of hydrogen-bond donors (Lipinski definition) is 6. The summed E-state index contributed by atoms with van der Waals surface area (Å²) in [6.45, 7) is 4.02. The summed E-state index contributed by atoms with van der Waals surface area (Å²) in [6.07, 6.45) is 15.5. The van der Waals surface area contributed by atoms with E-state index >= 15 is 0 Å². The minimum absolute atomic E-state index is 0.165. The van der Waals surface area contributed by atoms with E-state index in [1.54, 1.807) is 36.7 Å². The smallest absolute Gasteiger partial charge is 0.337 e. The van der Waals surface area contributed by atoms with Gasteiger partial charge in [0.1, 0.15) is 17.6 Å². The van der Waals surface area contributed by atoms with Crippen LogP contribution in [0.5, 0.6) is 5.75 Å². The first-order valence-electron chi connectivity index (χ1n) is 18.7. The maximum Gasteiger partial charge on any atom is 0.337 e. The number of carboxylic acid groups (broad SMARTS) is 3. The van der Waals surface area contributed by atoms with Gasteiger partial charge in [0.05, 0.1) is 18.9 Å². The third-order valence-corrected chi connectivity index (χ3v) is 8.85. The van der Waals surface area contributed by atoms with Crippen LogP contribution in [-0.4, -0.2) is 79.8 Å². The Balaban J connectivity index is 1.91. The number of nitrogens with zero attached hydrogens (tertiary/aromatic N) is 1. The summed E-state index contributed by atoms with van der Waals surface area (Å²) >= 11 is 0. The fourth-order valence-electron chi connectivity index (χ4n) is 5.78. The number of unbranched alkanes of at least 4 members (excludes halogenated alkanes) is 8. The van der Waals surface area contributed by atoms with Gasteiger partial charge >= 0.3 is 17.9 Å². The number of nitrogens with one attached hydrogen (secondary N) is 2. The second kappa shape index (κ2) is 25.4. The Morgan fingerprint density at radius 1 is 0.868 bits per heavy atom. The number of aromatic nitrogens is 1. The van der Waals surface area contributed by atoms with Crippen LogP contribution in [0.25, 0.3) is 0 Å². The van der Waals surface area contributed by atoms with Gasteiger partial charge in [0, 0.05) is 38.2 Å². The standard InChI is InChI=1S/C40H57N3O10/c1-2-3-4-7-10-16-32(44)17-11-8-5-6-9-12-18-34(40(52,39(50)51)27-36(45)46)37(47)43-35(38(48)49)26-30-19-21-33(22-20-30)53-25-14-24-42-29-31-15-13-23-41-28-31/h12-13,15,18-23,28,34-35,42,52H,2-11,14,16-17,24-27,29H2,1H3,(H,43,47)(H,45,46)(H,48,49)(H,50,51)/t34-,35+,40+/m1/s1. The molecule has 13 heteroatoms. The molecular formula is C40H57N3O10. The first kappa shape index (κ1) is 44.5. The summed E-state index contributed by atoms with van der Waals surface area (Å²) in [5, 5.41) is 45.6. The van der Waals surface area contributed by atoms with Crippen molar-refractivity contribution in [2.24, 2.45) is 5.92 Å². The van der Waals surface area contributed by atoms with Gasteiger partial charge in [0.15, 0.2) is 5.60 Å². The van der Waals surface area contributed by atoms with Crippen molar-refractivity contribution in [1.82, 2.24) is 15.6 Å². The molecule has 0 saturated heterocycles. The lowest BCUT2D eigenvalue weighted by Crippen LogP contribution is -2.55. The molecule has 0 saturated carbocycles. The minimum Gasteiger partial charge on any atom is -0.494 e. The fourth-order valence-corrected chi connectivity index (χ4v) is 5.78. The molecule has 1 aromatic carbocycles. The second-order valence-electron chi connectivity index (χ2n) is 13.3. The van der Waals surface area contributed by atoms with Crippen molar-refractivity contribution < 1.29 is 49.1 Å². The molecule has 1 amide bonds. The highest BCUT2D eigenvalue weighted by Crippen LogP contribution is 2.26. The van der Waals surface area contributed by atoms with Crippen molar-refractivity contribution in [1.29, 1.82) is 0 Å². The van der Waals surface area contributed by atoms with Gasteiger partial charge in [-0.2, -0.15) is 0 Å². The number of allylic oxidation sites excluding steroid dienone is 1. The number of ether oxygens (including phenoxy) is 1. The molecule has 3 atom stereocenters. The normalized spacial score (nSPS) is 13.5. The molecule has 0 radical (unpaired) electrons. The van der Waals surface area contributed by atoms with Gasteiger partial charge in [-0.1, -0.05) is 75.8 Å². The quantitative estimate of drug-likeness (QED) is 0.0434. The van der Waals surface area contributed by atoms with E-state index in [9.17, 15) is 44.4 Å². The lowest BCUT2D eigenvalue weighted by Gasteiger charge is -2.29. The molecule has 0 aliphatic heterocycles. The van der Waals surface area contributed by atoms with E-state index in [2.05, 4.69) is 22.5 Å². The van der Waals surface area contributed by atoms with Gasteiger partial charge in [-0.05, 0) is 68.0 Å². The van der Waals surface area contributed by atoms with E-state index in [0.717, 1.165) is 69.6 Å². The average Bonchev–Trinajstić information content (AvgIpc) is 3.12. The van der Waals surface area contributed by atoms with Crippen LogP contribution in [0.1, 0.15) is 108 Å². The van der Waals surface area contributed by atoms with Crippen molar-refractivity contribution in [2.45, 2.75) is 121 Å². The molecule has 0 unspecified atom stereocenters. The number of hydrogen-bond acceptors (Lipinski definition) is 9. The van der Waals surface area contributed by atoms with Crippen molar-refractivity contribution in [3.8, 4) is 5.75 Å². The number of amides is 1. The number of pyridine rings is 1. The first-order valence-corrected chi connectivity index (χ1v) is 18.7. The number of aliphatic carboxylic acids is 3. The van der Waals surface area contributed by atoms with E-state index < -0.39 is 47.8 Å². The Morgan fingerprint density at radius 3 is 2.15 bits per heavy atom. The zero-order valence-corrected chi connectivity index (χ0v) is 30.8. The molecule has 0 bridgehead atoms. The molecule has 1 heterocycles. The Kier molecular flexibility index (Phi) is 21.3. The monoisotopic (exact) mass is 739 g/mol. The van der Waals surface area contributed by atoms with Crippen LogP contribution in [0.15, 0.2) is 60.9 Å². The van der Waals surface area contributed by atoms with Gasteiger partial charge < -0.3 is 35.8 Å². The predicted octanol–water partition coefficient (Wildman–Crippen LogP) is 5.49. The zero-order valence-electron chi connectivity index (χ0n) is 30.8. The molecule has 0 spiro atoms. The maximum absolute atomic E-state index is 13.4. The molecule has 2 rings (SSSR count). The summed E-state index contributed by atoms with van der Waals surface area (Å²) in [4.78, 5) is 65.4. The van der Waals surface area contributed by atoms with Crippen LogP contribution in [0, 0.1) is 5.92 Å². The molecule has 292 valence electrons. The summed E-state index contributed by atoms with van der Waals surface area (Å²) in [5.41, 5.74) is -1.40. The SMILES string of the molecule is CCCCCCCC(=O)CCCCCCC=C[C@H](C(=O)N[C@@H](Cc1ccc(OCCCNCc2cccnc2)cc1)C(=O)O)[C@@](O)(CC(=O)O)C(=O)O. The molecular weight excluding hydrogens is 682 g/mol. The Hall–Kier alpha value is -4.62. The van der Waals surface area contributed by atoms with E-state index in [-0.39, 0.29) is 12.2 Å². The highest BCUT2D eigenvalue weighted by molar-refractivity contribution is 5.94. The van der Waals surface area contributed by atoms with Gasteiger partial charge in [-0.25, -0.2) is 9.59 Å². The second-order valence-corrected chi connectivity index (χ2v) is 13.3. The topological polar surface area (TPSA) is 212 Å². The van der Waals surface area contributed by atoms with Crippen LogP contribution >= 0.6 is 0 Å². The number of Topliss-reactive ketones (excluding diaryl/α,β-unsaturated/α-hetero) is 1. The molecule has 2 aromatic rings. The number of carbonyl (C=O) groups excluding carboxylic acids is 2. The van der Waals surface area contributed by atoms with E-state index in [1.165, 1.54) is 12.5 Å². The van der Waals surface area contributed by atoms with E-state index in [0.29, 0.717) is 50.1 Å². The van der Waals surface area contributed by atoms with Crippen molar-refractivity contribution in [3.05, 3.63) is 72.1 Å². The number of aliphatic hydroxyl groups is 1. The number of rotatable bonds is 30. The summed E-state index contributed by atoms with van der Waals surface area (Å²) < 4.78 is 5.77. The van der Waals surface area contributed by atoms with Gasteiger partial charge in [-0.3, -0.25) is 19.4 Å². The molecule has 6 N–H and O–H groups in total. The molecule has 13 nitrogen and oxygen atoms in total. The van der Waals surface area contributed by atoms with Crippen LogP contribution in [0.4, 0.5) is 0 Å². The van der Waals surface area contributed by atoms with Crippen molar-refractivity contribution in [2.75, 3.05) is 13.2 Å². The Bertz CT molecular complexity index is 1430. The summed E-state index contributed by atoms with van der Waals surface area (Å²) in [6, 6.07) is 9.01. The molecule has 0 fully saturated rings. The van der Waals surface area contributed by atoms with Gasteiger partial charge in [0.2, 0.25) is 5.91 Å². The van der Waals surface area contributed by atoms with Crippen LogP contribution in [0.2, 0.25) is 0 Å². The largest absolute Gasteiger partial charge is 0.494 e. The lowest BCUT2D eigenvalue weighted by molar-refractivity contribution is -0.172. The molecule has 53 heavy (non-hydrogen) atoms. The third kappa shape index (κ3) is 18.1. The highest BCUT2D eigenvalue weighted by atomic mass is 16.5. The zero-order chi connectivity index (χ0) is 38.9. The highest BCUT2D eigenvalue weighted by Gasteiger charge is 2.49. The average molecular weight is 740 g/mol. The van der Waals surface area contributed by atoms with E-state index in [4.69, 9.17) is 4.74 Å². The van der Waals surface area contributed by atoms with Crippen LogP contribution < -0.4 is 15.4 Å². The molecule has 0 aliphatic carbocycles. The van der Waals surface area contributed by atoms with Crippen LogP contribution in [0.3, 0.4) is 0 Å². The Labute approximate surface area is 312 Å². The van der Waals surface area contributed by atoms with Gasteiger partial charge in [-0.15, -0.1) is 0 Å². The fraction of sp³-hybridized carbons (Fsp3) is 0.550. The number of ketones is 1. The summed E-state index contributed by atoms with van der Waals surface area (Å²) in [7, 11) is 0. The van der Waals surface area contributed by atoms with Crippen molar-refractivity contribution >= 4 is 29.6 Å². The minimum atomic E-state index is -3.03. The lowest BCUT2D eigenvalue weighted by atomic mass is 9.82. The number of carboxylic acids is 3. The molecule has 0 aliphatic rings. The van der Waals surface area contributed by atoms with Crippen LogP contribution in [-0.2, 0) is 36.9 Å². The number of carbonyl (C=O) groups is 5. The van der Waals surface area contributed by atoms with Crippen molar-refractivity contribution in [3.63, 3.8) is 0 Å². The van der Waals surface area contributed by atoms with E-state index in [1.807, 2.05) is 12.1 Å². The Morgan fingerprint density at radius 2 is 1.55 bits per heavy atom. The third-order valence-electron chi connectivity index (χ3n) is 8.85. The summed E-state index contributed by atoms with van der Waals surface area (Å²) in [5.74, 6) is -7.15.